The van der Waals surface area contributed by atoms with Crippen LogP contribution in [0.3, 0.4) is 0 Å². The SMILES string of the molecule is COc1ccccc1CC1(N)CC(C)CC(C)(C)C1. The maximum absolute atomic E-state index is 6.73. The van der Waals surface area contributed by atoms with Crippen LogP contribution in [-0.2, 0) is 6.42 Å². The fourth-order valence-corrected chi connectivity index (χ4v) is 4.17. The molecule has 0 amide bonds. The second-order valence-electron chi connectivity index (χ2n) is 7.21. The predicted octanol–water partition coefficient (Wildman–Crippen LogP) is 3.78. The number of nitrogens with two attached hydrogens (primary N) is 1. The molecule has 1 aromatic carbocycles. The molecule has 2 N–H and O–H groups in total. The highest BCUT2D eigenvalue weighted by Crippen LogP contribution is 2.44. The van der Waals surface area contributed by atoms with Crippen molar-refractivity contribution < 1.29 is 4.74 Å². The zero-order valence-electron chi connectivity index (χ0n) is 12.7. The number of hydrogen-bond acceptors (Lipinski definition) is 2. The summed E-state index contributed by atoms with van der Waals surface area (Å²) >= 11 is 0. The molecular formula is C17H27NO. The standard InChI is InChI=1S/C17H27NO/c1-13-9-16(2,3)12-17(18,10-13)11-14-7-5-6-8-15(14)19-4/h5-8,13H,9-12,18H2,1-4H3. The number of hydrogen-bond donors (Lipinski definition) is 1. The largest absolute Gasteiger partial charge is 0.496 e. The van der Waals surface area contributed by atoms with E-state index in [1.807, 2.05) is 12.1 Å². The van der Waals surface area contributed by atoms with Crippen LogP contribution in [0, 0.1) is 11.3 Å². The van der Waals surface area contributed by atoms with Crippen LogP contribution in [0.4, 0.5) is 0 Å². The molecule has 1 aromatic rings. The van der Waals surface area contributed by atoms with Gasteiger partial charge in [-0.25, -0.2) is 0 Å². The number of methoxy groups -OCH3 is 1. The van der Waals surface area contributed by atoms with Gasteiger partial charge in [-0.15, -0.1) is 0 Å². The van der Waals surface area contributed by atoms with E-state index in [9.17, 15) is 0 Å². The van der Waals surface area contributed by atoms with Crippen LogP contribution >= 0.6 is 0 Å². The average molecular weight is 261 g/mol. The van der Waals surface area contributed by atoms with E-state index in [0.717, 1.165) is 25.0 Å². The van der Waals surface area contributed by atoms with E-state index in [1.165, 1.54) is 12.0 Å². The summed E-state index contributed by atoms with van der Waals surface area (Å²) in [6, 6.07) is 8.24. The molecule has 0 saturated heterocycles. The summed E-state index contributed by atoms with van der Waals surface area (Å²) in [5.74, 6) is 1.66. The van der Waals surface area contributed by atoms with Gasteiger partial charge < -0.3 is 10.5 Å². The van der Waals surface area contributed by atoms with Gasteiger partial charge in [0.05, 0.1) is 7.11 Å². The van der Waals surface area contributed by atoms with Gasteiger partial charge in [-0.05, 0) is 48.6 Å². The summed E-state index contributed by atoms with van der Waals surface area (Å²) in [7, 11) is 1.73. The van der Waals surface area contributed by atoms with Gasteiger partial charge >= 0.3 is 0 Å². The lowest BCUT2D eigenvalue weighted by Crippen LogP contribution is -2.50. The molecule has 0 aliphatic heterocycles. The Hall–Kier alpha value is -1.02. The van der Waals surface area contributed by atoms with Gasteiger partial charge in [0.1, 0.15) is 5.75 Å². The van der Waals surface area contributed by atoms with Crippen molar-refractivity contribution in [2.24, 2.45) is 17.1 Å². The summed E-state index contributed by atoms with van der Waals surface area (Å²) in [5.41, 5.74) is 8.20. The highest BCUT2D eigenvalue weighted by Gasteiger charge is 2.40. The third kappa shape index (κ3) is 3.50. The number of rotatable bonds is 3. The first kappa shape index (κ1) is 14.4. The van der Waals surface area contributed by atoms with Crippen LogP contribution in [0.1, 0.15) is 45.6 Å². The van der Waals surface area contributed by atoms with Gasteiger partial charge in [0, 0.05) is 5.54 Å². The monoisotopic (exact) mass is 261 g/mol. The van der Waals surface area contributed by atoms with Crippen molar-refractivity contribution in [1.82, 2.24) is 0 Å². The van der Waals surface area contributed by atoms with Crippen LogP contribution in [0.2, 0.25) is 0 Å². The summed E-state index contributed by atoms with van der Waals surface area (Å²) < 4.78 is 5.46. The quantitative estimate of drug-likeness (QED) is 0.898. The van der Waals surface area contributed by atoms with Crippen molar-refractivity contribution in [2.75, 3.05) is 7.11 Å². The fraction of sp³-hybridized carbons (Fsp3) is 0.647. The maximum Gasteiger partial charge on any atom is 0.122 e. The molecule has 106 valence electrons. The van der Waals surface area contributed by atoms with E-state index in [0.29, 0.717) is 11.3 Å². The first-order valence-electron chi connectivity index (χ1n) is 7.24. The van der Waals surface area contributed by atoms with Crippen LogP contribution in [0.25, 0.3) is 0 Å². The molecule has 0 bridgehead atoms. The minimum atomic E-state index is -0.101. The first-order valence-corrected chi connectivity index (χ1v) is 7.24. The van der Waals surface area contributed by atoms with Crippen LogP contribution < -0.4 is 10.5 Å². The van der Waals surface area contributed by atoms with Crippen molar-refractivity contribution >= 4 is 0 Å². The molecule has 2 nitrogen and oxygen atoms in total. The van der Waals surface area contributed by atoms with Gasteiger partial charge in [0.2, 0.25) is 0 Å². The molecule has 1 aliphatic rings. The van der Waals surface area contributed by atoms with Crippen molar-refractivity contribution in [1.29, 1.82) is 0 Å². The minimum absolute atomic E-state index is 0.101. The summed E-state index contributed by atoms with van der Waals surface area (Å²) in [4.78, 5) is 0. The Bertz CT molecular complexity index is 441. The normalized spacial score (nSPS) is 30.1. The summed E-state index contributed by atoms with van der Waals surface area (Å²) in [6.07, 6.45) is 4.37. The second-order valence-corrected chi connectivity index (χ2v) is 7.21. The predicted molar refractivity (Wildman–Crippen MR) is 80.4 cm³/mol. The minimum Gasteiger partial charge on any atom is -0.496 e. The Balaban J connectivity index is 2.21. The van der Waals surface area contributed by atoms with Crippen molar-refractivity contribution in [3.8, 4) is 5.75 Å². The smallest absolute Gasteiger partial charge is 0.122 e. The molecule has 0 spiro atoms. The molecule has 2 atom stereocenters. The van der Waals surface area contributed by atoms with E-state index >= 15 is 0 Å². The molecule has 0 heterocycles. The highest BCUT2D eigenvalue weighted by molar-refractivity contribution is 5.34. The van der Waals surface area contributed by atoms with Gasteiger partial charge in [-0.3, -0.25) is 0 Å². The molecule has 2 unspecified atom stereocenters. The van der Waals surface area contributed by atoms with E-state index in [2.05, 4.69) is 32.9 Å². The van der Waals surface area contributed by atoms with Gasteiger partial charge in [-0.1, -0.05) is 39.0 Å². The molecule has 2 rings (SSSR count). The third-order valence-corrected chi connectivity index (χ3v) is 4.22. The molecular weight excluding hydrogens is 234 g/mol. The van der Waals surface area contributed by atoms with Crippen LogP contribution in [0.5, 0.6) is 5.75 Å². The Morgan fingerprint density at radius 2 is 1.95 bits per heavy atom. The Kier molecular flexibility index (Phi) is 3.91. The topological polar surface area (TPSA) is 35.2 Å². The lowest BCUT2D eigenvalue weighted by Gasteiger charge is -2.46. The van der Waals surface area contributed by atoms with Gasteiger partial charge in [0.15, 0.2) is 0 Å². The summed E-state index contributed by atoms with van der Waals surface area (Å²) in [5, 5.41) is 0. The zero-order valence-corrected chi connectivity index (χ0v) is 12.7. The van der Waals surface area contributed by atoms with Crippen LogP contribution in [0.15, 0.2) is 24.3 Å². The van der Waals surface area contributed by atoms with E-state index in [4.69, 9.17) is 10.5 Å². The van der Waals surface area contributed by atoms with E-state index in [-0.39, 0.29) is 5.54 Å². The number of para-hydroxylation sites is 1. The molecule has 1 fully saturated rings. The van der Waals surface area contributed by atoms with Gasteiger partial charge in [0.25, 0.3) is 0 Å². The number of ether oxygens (including phenoxy) is 1. The van der Waals surface area contributed by atoms with Crippen LogP contribution in [-0.4, -0.2) is 12.6 Å². The Labute approximate surface area is 117 Å². The summed E-state index contributed by atoms with van der Waals surface area (Å²) in [6.45, 7) is 7.00. The van der Waals surface area contributed by atoms with E-state index in [1.54, 1.807) is 7.11 Å². The van der Waals surface area contributed by atoms with Crippen molar-refractivity contribution in [3.63, 3.8) is 0 Å². The van der Waals surface area contributed by atoms with E-state index < -0.39 is 0 Å². The molecule has 1 saturated carbocycles. The lowest BCUT2D eigenvalue weighted by atomic mass is 9.63. The molecule has 2 heteroatoms. The highest BCUT2D eigenvalue weighted by atomic mass is 16.5. The Morgan fingerprint density at radius 1 is 1.26 bits per heavy atom. The second kappa shape index (κ2) is 5.16. The first-order chi connectivity index (χ1) is 8.84. The molecule has 0 aromatic heterocycles. The van der Waals surface area contributed by atoms with Crippen molar-refractivity contribution in [3.05, 3.63) is 29.8 Å². The van der Waals surface area contributed by atoms with Gasteiger partial charge in [-0.2, -0.15) is 0 Å². The molecule has 0 radical (unpaired) electrons. The fourth-order valence-electron chi connectivity index (χ4n) is 4.17. The number of benzene rings is 1. The maximum atomic E-state index is 6.73. The average Bonchev–Trinajstić information content (AvgIpc) is 2.25. The zero-order chi connectivity index (χ0) is 14.1. The third-order valence-electron chi connectivity index (χ3n) is 4.22. The van der Waals surface area contributed by atoms with Crippen molar-refractivity contribution in [2.45, 2.75) is 52.0 Å². The molecule has 19 heavy (non-hydrogen) atoms. The lowest BCUT2D eigenvalue weighted by molar-refractivity contribution is 0.107. The molecule has 1 aliphatic carbocycles. The Morgan fingerprint density at radius 3 is 2.58 bits per heavy atom.